The number of carboxylic acids is 1. The van der Waals surface area contributed by atoms with Crippen molar-refractivity contribution >= 4 is 17.7 Å². The van der Waals surface area contributed by atoms with Gasteiger partial charge in [-0.2, -0.15) is 0 Å². The molecule has 0 unspecified atom stereocenters. The summed E-state index contributed by atoms with van der Waals surface area (Å²) in [5, 5.41) is 11.7. The molecular formula is C13H19N3O3. The minimum Gasteiger partial charge on any atom is -0.477 e. The van der Waals surface area contributed by atoms with Crippen molar-refractivity contribution in [2.24, 2.45) is 5.41 Å². The minimum absolute atomic E-state index is 0.0179. The van der Waals surface area contributed by atoms with E-state index in [-0.39, 0.29) is 17.1 Å². The molecule has 0 radical (unpaired) electrons. The second-order valence-electron chi connectivity index (χ2n) is 5.81. The number of carboxylic acid groups (broad SMARTS) is 1. The summed E-state index contributed by atoms with van der Waals surface area (Å²) in [7, 11) is 0. The van der Waals surface area contributed by atoms with Crippen molar-refractivity contribution in [2.75, 3.05) is 18.4 Å². The highest BCUT2D eigenvalue weighted by atomic mass is 16.4. The SMILES string of the molecule is Cc1cc(NC(=O)N2CCC(C)(C)C2)c(C(=O)O)[nH]1. The summed E-state index contributed by atoms with van der Waals surface area (Å²) in [5.74, 6) is -1.08. The Hall–Kier alpha value is -1.98. The molecule has 0 saturated carbocycles. The van der Waals surface area contributed by atoms with E-state index < -0.39 is 5.97 Å². The molecule has 2 rings (SSSR count). The summed E-state index contributed by atoms with van der Waals surface area (Å²) >= 11 is 0. The van der Waals surface area contributed by atoms with Crippen LogP contribution in [0.15, 0.2) is 6.07 Å². The van der Waals surface area contributed by atoms with Crippen molar-refractivity contribution in [1.29, 1.82) is 0 Å². The third-order valence-electron chi connectivity index (χ3n) is 3.37. The average Bonchev–Trinajstić information content (AvgIpc) is 2.81. The predicted octanol–water partition coefficient (Wildman–Crippen LogP) is 2.29. The van der Waals surface area contributed by atoms with Crippen LogP contribution < -0.4 is 5.32 Å². The van der Waals surface area contributed by atoms with E-state index in [1.807, 2.05) is 0 Å². The topological polar surface area (TPSA) is 85.4 Å². The first-order chi connectivity index (χ1) is 8.78. The number of anilines is 1. The van der Waals surface area contributed by atoms with E-state index in [9.17, 15) is 9.59 Å². The minimum atomic E-state index is -1.08. The van der Waals surface area contributed by atoms with Gasteiger partial charge >= 0.3 is 12.0 Å². The van der Waals surface area contributed by atoms with Crippen molar-refractivity contribution in [2.45, 2.75) is 27.2 Å². The Morgan fingerprint density at radius 3 is 2.68 bits per heavy atom. The zero-order valence-corrected chi connectivity index (χ0v) is 11.4. The van der Waals surface area contributed by atoms with Gasteiger partial charge in [0, 0.05) is 18.8 Å². The quantitative estimate of drug-likeness (QED) is 0.766. The normalized spacial score (nSPS) is 17.5. The highest BCUT2D eigenvalue weighted by Gasteiger charge is 2.32. The molecule has 1 aliphatic rings. The second-order valence-corrected chi connectivity index (χ2v) is 5.81. The molecule has 2 amide bonds. The van der Waals surface area contributed by atoms with E-state index in [0.29, 0.717) is 24.5 Å². The number of aromatic nitrogens is 1. The fraction of sp³-hybridized carbons (Fsp3) is 0.538. The van der Waals surface area contributed by atoms with E-state index >= 15 is 0 Å². The van der Waals surface area contributed by atoms with Crippen molar-refractivity contribution in [3.63, 3.8) is 0 Å². The van der Waals surface area contributed by atoms with Crippen LogP contribution in [-0.2, 0) is 0 Å². The highest BCUT2D eigenvalue weighted by molar-refractivity contribution is 5.99. The molecule has 0 bridgehead atoms. The van der Waals surface area contributed by atoms with Gasteiger partial charge in [0.2, 0.25) is 0 Å². The first-order valence-corrected chi connectivity index (χ1v) is 6.27. The number of nitrogens with one attached hydrogen (secondary N) is 2. The molecule has 19 heavy (non-hydrogen) atoms. The molecular weight excluding hydrogens is 246 g/mol. The van der Waals surface area contributed by atoms with Crippen LogP contribution in [0.4, 0.5) is 10.5 Å². The Kier molecular flexibility index (Phi) is 3.26. The first kappa shape index (κ1) is 13.5. The third-order valence-corrected chi connectivity index (χ3v) is 3.37. The maximum Gasteiger partial charge on any atom is 0.354 e. The van der Waals surface area contributed by atoms with Crippen molar-refractivity contribution in [3.05, 3.63) is 17.5 Å². The molecule has 1 saturated heterocycles. The van der Waals surface area contributed by atoms with Gasteiger partial charge in [-0.25, -0.2) is 9.59 Å². The van der Waals surface area contributed by atoms with Gasteiger partial charge in [0.1, 0.15) is 5.69 Å². The number of likely N-dealkylation sites (tertiary alicyclic amines) is 1. The van der Waals surface area contributed by atoms with Gasteiger partial charge in [0.25, 0.3) is 0 Å². The van der Waals surface area contributed by atoms with E-state index in [1.165, 1.54) is 0 Å². The molecule has 0 aliphatic carbocycles. The van der Waals surface area contributed by atoms with Crippen LogP contribution in [0.1, 0.15) is 36.5 Å². The molecule has 0 spiro atoms. The van der Waals surface area contributed by atoms with Gasteiger partial charge in [-0.05, 0) is 24.8 Å². The highest BCUT2D eigenvalue weighted by Crippen LogP contribution is 2.29. The lowest BCUT2D eigenvalue weighted by Gasteiger charge is -2.20. The summed E-state index contributed by atoms with van der Waals surface area (Å²) in [5.41, 5.74) is 1.17. The van der Waals surface area contributed by atoms with Gasteiger partial charge in [0.05, 0.1) is 5.69 Å². The van der Waals surface area contributed by atoms with Crippen molar-refractivity contribution in [3.8, 4) is 0 Å². The Morgan fingerprint density at radius 2 is 2.16 bits per heavy atom. The number of aromatic carboxylic acids is 1. The van der Waals surface area contributed by atoms with Crippen molar-refractivity contribution in [1.82, 2.24) is 9.88 Å². The smallest absolute Gasteiger partial charge is 0.354 e. The Labute approximate surface area is 111 Å². The number of carbonyl (C=O) groups excluding carboxylic acids is 1. The van der Waals surface area contributed by atoms with Gasteiger partial charge in [-0.15, -0.1) is 0 Å². The Balaban J connectivity index is 2.09. The molecule has 1 aliphatic heterocycles. The lowest BCUT2D eigenvalue weighted by molar-refractivity contribution is 0.0692. The van der Waals surface area contributed by atoms with Gasteiger partial charge < -0.3 is 20.3 Å². The molecule has 6 nitrogen and oxygen atoms in total. The van der Waals surface area contributed by atoms with Crippen LogP contribution in [0.3, 0.4) is 0 Å². The number of hydrogen-bond donors (Lipinski definition) is 3. The van der Waals surface area contributed by atoms with E-state index in [0.717, 1.165) is 6.42 Å². The standard InChI is InChI=1S/C13H19N3O3/c1-8-6-9(10(14-8)11(17)18)15-12(19)16-5-4-13(2,3)7-16/h6,14H,4-5,7H2,1-3H3,(H,15,19)(H,17,18). The number of aromatic amines is 1. The fourth-order valence-corrected chi connectivity index (χ4v) is 2.34. The molecule has 1 fully saturated rings. The Morgan fingerprint density at radius 1 is 1.47 bits per heavy atom. The molecule has 6 heteroatoms. The predicted molar refractivity (Wildman–Crippen MR) is 71.5 cm³/mol. The molecule has 0 atom stereocenters. The third kappa shape index (κ3) is 2.89. The van der Waals surface area contributed by atoms with Crippen LogP contribution in [0.2, 0.25) is 0 Å². The first-order valence-electron chi connectivity index (χ1n) is 6.27. The molecule has 104 valence electrons. The molecule has 1 aromatic rings. The van der Waals surface area contributed by atoms with E-state index in [1.54, 1.807) is 17.9 Å². The lowest BCUT2D eigenvalue weighted by Crippen LogP contribution is -2.34. The summed E-state index contributed by atoms with van der Waals surface area (Å²) in [6.45, 7) is 7.36. The summed E-state index contributed by atoms with van der Waals surface area (Å²) in [6.07, 6.45) is 0.957. The monoisotopic (exact) mass is 265 g/mol. The molecule has 3 N–H and O–H groups in total. The molecule has 2 heterocycles. The lowest BCUT2D eigenvalue weighted by atomic mass is 9.93. The molecule has 1 aromatic heterocycles. The number of urea groups is 1. The zero-order valence-electron chi connectivity index (χ0n) is 11.4. The number of amides is 2. The van der Waals surface area contributed by atoms with E-state index in [2.05, 4.69) is 24.1 Å². The number of aryl methyl sites for hydroxylation is 1. The number of H-pyrrole nitrogens is 1. The number of rotatable bonds is 2. The fourth-order valence-electron chi connectivity index (χ4n) is 2.34. The van der Waals surface area contributed by atoms with Crippen LogP contribution in [0.5, 0.6) is 0 Å². The van der Waals surface area contributed by atoms with Crippen LogP contribution in [0, 0.1) is 12.3 Å². The summed E-state index contributed by atoms with van der Waals surface area (Å²) in [4.78, 5) is 27.6. The number of carbonyl (C=O) groups is 2. The summed E-state index contributed by atoms with van der Waals surface area (Å²) in [6, 6.07) is 1.38. The maximum atomic E-state index is 12.1. The largest absolute Gasteiger partial charge is 0.477 e. The number of nitrogens with zero attached hydrogens (tertiary/aromatic N) is 1. The second kappa shape index (κ2) is 4.60. The Bertz CT molecular complexity index is 519. The zero-order chi connectivity index (χ0) is 14.2. The molecule has 0 aromatic carbocycles. The average molecular weight is 265 g/mol. The maximum absolute atomic E-state index is 12.1. The number of hydrogen-bond acceptors (Lipinski definition) is 2. The summed E-state index contributed by atoms with van der Waals surface area (Å²) < 4.78 is 0. The van der Waals surface area contributed by atoms with Gasteiger partial charge in [0.15, 0.2) is 0 Å². The van der Waals surface area contributed by atoms with Crippen molar-refractivity contribution < 1.29 is 14.7 Å². The van der Waals surface area contributed by atoms with Crippen LogP contribution in [0.25, 0.3) is 0 Å². The van der Waals surface area contributed by atoms with E-state index in [4.69, 9.17) is 5.11 Å². The van der Waals surface area contributed by atoms with Gasteiger partial charge in [-0.1, -0.05) is 13.8 Å². The van der Waals surface area contributed by atoms with Crippen LogP contribution in [-0.4, -0.2) is 40.1 Å². The van der Waals surface area contributed by atoms with Gasteiger partial charge in [-0.3, -0.25) is 0 Å². The van der Waals surface area contributed by atoms with Crippen LogP contribution >= 0.6 is 0 Å².